The zero-order valence-electron chi connectivity index (χ0n) is 14.3. The second-order valence-electron chi connectivity index (χ2n) is 5.49. The molecule has 1 aromatic carbocycles. The number of rotatable bonds is 6. The van der Waals surface area contributed by atoms with Crippen LogP contribution in [0, 0.1) is 13.8 Å². The van der Waals surface area contributed by atoms with E-state index in [4.69, 9.17) is 4.52 Å². The average Bonchev–Trinajstić information content (AvgIpc) is 3.18. The summed E-state index contributed by atoms with van der Waals surface area (Å²) in [6.07, 6.45) is 0. The summed E-state index contributed by atoms with van der Waals surface area (Å²) in [5.41, 5.74) is 0.883. The lowest BCUT2D eigenvalue weighted by atomic mass is 10.1. The van der Waals surface area contributed by atoms with E-state index in [0.29, 0.717) is 16.7 Å². The molecule has 1 N–H and O–H groups in total. The first-order valence-electron chi connectivity index (χ1n) is 7.94. The van der Waals surface area contributed by atoms with Crippen molar-refractivity contribution < 1.29 is 9.32 Å². The average molecular weight is 357 g/mol. The highest BCUT2D eigenvalue weighted by Gasteiger charge is 2.25. The Hall–Kier alpha value is -2.61. The van der Waals surface area contributed by atoms with Crippen molar-refractivity contribution in [1.82, 2.24) is 19.9 Å². The molecule has 0 aliphatic carbocycles. The monoisotopic (exact) mass is 357 g/mol. The summed E-state index contributed by atoms with van der Waals surface area (Å²) in [6, 6.07) is 11.3. The fraction of sp³-hybridized carbons (Fsp3) is 0.294. The number of thioether (sulfide) groups is 1. The maximum Gasteiger partial charge on any atom is 0.243 e. The van der Waals surface area contributed by atoms with Gasteiger partial charge in [0.15, 0.2) is 11.0 Å². The van der Waals surface area contributed by atoms with Gasteiger partial charge in [0.1, 0.15) is 16.8 Å². The number of benzene rings is 1. The first-order chi connectivity index (χ1) is 12.1. The molecule has 0 saturated carbocycles. The van der Waals surface area contributed by atoms with Crippen LogP contribution in [0.5, 0.6) is 0 Å². The van der Waals surface area contributed by atoms with Crippen LogP contribution < -0.4 is 5.32 Å². The zero-order chi connectivity index (χ0) is 17.8. The number of hydrogen-bond acceptors (Lipinski definition) is 6. The molecule has 0 spiro atoms. The minimum absolute atomic E-state index is 0.187. The van der Waals surface area contributed by atoms with Crippen LogP contribution in [0.4, 0.5) is 5.82 Å². The smallest absolute Gasteiger partial charge is 0.243 e. The maximum absolute atomic E-state index is 12.9. The maximum atomic E-state index is 12.9. The number of aromatic nitrogens is 4. The van der Waals surface area contributed by atoms with E-state index in [1.165, 1.54) is 11.8 Å². The number of carbonyl (C=O) groups is 1. The van der Waals surface area contributed by atoms with Crippen LogP contribution in [0.1, 0.15) is 29.3 Å². The molecule has 0 bridgehead atoms. The molecule has 0 radical (unpaired) electrons. The Morgan fingerprint density at radius 3 is 2.68 bits per heavy atom. The van der Waals surface area contributed by atoms with E-state index in [9.17, 15) is 4.79 Å². The number of nitrogens with one attached hydrogen (secondary N) is 1. The highest BCUT2D eigenvalue weighted by atomic mass is 32.2. The predicted octanol–water partition coefficient (Wildman–Crippen LogP) is 3.37. The van der Waals surface area contributed by atoms with Gasteiger partial charge in [-0.3, -0.25) is 4.79 Å². The molecular weight excluding hydrogens is 338 g/mol. The van der Waals surface area contributed by atoms with E-state index in [2.05, 4.69) is 20.7 Å². The lowest BCUT2D eigenvalue weighted by Gasteiger charge is -2.16. The Kier molecular flexibility index (Phi) is 5.18. The van der Waals surface area contributed by atoms with Gasteiger partial charge >= 0.3 is 0 Å². The number of hydrogen-bond donors (Lipinski definition) is 1. The largest absolute Gasteiger partial charge is 0.360 e. The SMILES string of the molecule is CCn1c(C)nnc1SC(C(=O)Nc1cc(C)on1)c1ccccc1. The Bertz CT molecular complexity index is 859. The van der Waals surface area contributed by atoms with Gasteiger partial charge in [-0.15, -0.1) is 10.2 Å². The number of nitrogens with zero attached hydrogens (tertiary/aromatic N) is 4. The molecule has 130 valence electrons. The Morgan fingerprint density at radius 2 is 2.04 bits per heavy atom. The molecule has 0 aliphatic heterocycles. The highest BCUT2D eigenvalue weighted by Crippen LogP contribution is 2.35. The summed E-state index contributed by atoms with van der Waals surface area (Å²) in [4.78, 5) is 12.9. The van der Waals surface area contributed by atoms with Crippen molar-refractivity contribution in [2.24, 2.45) is 0 Å². The van der Waals surface area contributed by atoms with Crippen LogP contribution in [-0.2, 0) is 11.3 Å². The molecule has 0 fully saturated rings. The fourth-order valence-electron chi connectivity index (χ4n) is 2.44. The standard InChI is InChI=1S/C17H19N5O2S/c1-4-22-12(3)19-20-17(22)25-15(13-8-6-5-7-9-13)16(23)18-14-10-11(2)24-21-14/h5-10,15H,4H2,1-3H3,(H,18,21,23). The van der Waals surface area contributed by atoms with Gasteiger partial charge in [-0.05, 0) is 26.3 Å². The van der Waals surface area contributed by atoms with Gasteiger partial charge in [0.05, 0.1) is 0 Å². The van der Waals surface area contributed by atoms with E-state index in [1.807, 2.05) is 48.7 Å². The van der Waals surface area contributed by atoms with Crippen LogP contribution in [-0.4, -0.2) is 25.8 Å². The van der Waals surface area contributed by atoms with Gasteiger partial charge in [-0.1, -0.05) is 47.3 Å². The van der Waals surface area contributed by atoms with Crippen molar-refractivity contribution in [3.63, 3.8) is 0 Å². The van der Waals surface area contributed by atoms with Crippen LogP contribution in [0.15, 0.2) is 46.1 Å². The van der Waals surface area contributed by atoms with Crippen molar-refractivity contribution >= 4 is 23.5 Å². The third kappa shape index (κ3) is 3.90. The first-order valence-corrected chi connectivity index (χ1v) is 8.82. The predicted molar refractivity (Wildman–Crippen MR) is 95.3 cm³/mol. The Labute approximate surface area is 149 Å². The molecule has 7 nitrogen and oxygen atoms in total. The Balaban J connectivity index is 1.88. The summed E-state index contributed by atoms with van der Waals surface area (Å²) in [5.74, 6) is 1.68. The van der Waals surface area contributed by atoms with Gasteiger partial charge in [-0.25, -0.2) is 0 Å². The van der Waals surface area contributed by atoms with E-state index in [-0.39, 0.29) is 5.91 Å². The summed E-state index contributed by atoms with van der Waals surface area (Å²) < 4.78 is 6.99. The molecule has 1 unspecified atom stereocenters. The number of aryl methyl sites for hydroxylation is 2. The van der Waals surface area contributed by atoms with Crippen molar-refractivity contribution in [3.05, 3.63) is 53.5 Å². The van der Waals surface area contributed by atoms with Crippen LogP contribution >= 0.6 is 11.8 Å². The molecule has 8 heteroatoms. The van der Waals surface area contributed by atoms with Gasteiger partial charge in [0, 0.05) is 12.6 Å². The van der Waals surface area contributed by atoms with Gasteiger partial charge in [0.2, 0.25) is 5.91 Å². The van der Waals surface area contributed by atoms with E-state index >= 15 is 0 Å². The van der Waals surface area contributed by atoms with Crippen LogP contribution in [0.3, 0.4) is 0 Å². The van der Waals surface area contributed by atoms with Crippen molar-refractivity contribution in [2.45, 2.75) is 37.7 Å². The van der Waals surface area contributed by atoms with Gasteiger partial charge in [0.25, 0.3) is 0 Å². The topological polar surface area (TPSA) is 85.8 Å². The van der Waals surface area contributed by atoms with Gasteiger partial charge in [-0.2, -0.15) is 0 Å². The van der Waals surface area contributed by atoms with Crippen molar-refractivity contribution in [2.75, 3.05) is 5.32 Å². The third-order valence-electron chi connectivity index (χ3n) is 3.66. The van der Waals surface area contributed by atoms with Crippen molar-refractivity contribution in [1.29, 1.82) is 0 Å². The first kappa shape index (κ1) is 17.2. The van der Waals surface area contributed by atoms with Gasteiger partial charge < -0.3 is 14.4 Å². The summed E-state index contributed by atoms with van der Waals surface area (Å²) in [6.45, 7) is 6.44. The minimum atomic E-state index is -0.480. The number of anilines is 1. The van der Waals surface area contributed by atoms with Crippen molar-refractivity contribution in [3.8, 4) is 0 Å². The summed E-state index contributed by atoms with van der Waals surface area (Å²) in [7, 11) is 0. The second kappa shape index (κ2) is 7.52. The van der Waals surface area contributed by atoms with E-state index in [1.54, 1.807) is 13.0 Å². The molecular formula is C17H19N5O2S. The highest BCUT2D eigenvalue weighted by molar-refractivity contribution is 8.00. The molecule has 2 heterocycles. The molecule has 3 aromatic rings. The lowest BCUT2D eigenvalue weighted by Crippen LogP contribution is -2.19. The normalized spacial score (nSPS) is 12.1. The van der Waals surface area contributed by atoms with Crippen LogP contribution in [0.25, 0.3) is 0 Å². The number of carbonyl (C=O) groups excluding carboxylic acids is 1. The van der Waals surface area contributed by atoms with Crippen LogP contribution in [0.2, 0.25) is 0 Å². The second-order valence-corrected chi connectivity index (χ2v) is 6.57. The summed E-state index contributed by atoms with van der Waals surface area (Å²) >= 11 is 1.37. The molecule has 3 rings (SSSR count). The molecule has 0 aliphatic rings. The third-order valence-corrected chi connectivity index (χ3v) is 4.90. The molecule has 1 amide bonds. The number of amides is 1. The quantitative estimate of drug-likeness (QED) is 0.681. The molecule has 0 saturated heterocycles. The minimum Gasteiger partial charge on any atom is -0.360 e. The lowest BCUT2D eigenvalue weighted by molar-refractivity contribution is -0.115. The van der Waals surface area contributed by atoms with E-state index < -0.39 is 5.25 Å². The summed E-state index contributed by atoms with van der Waals surface area (Å²) in [5, 5.41) is 15.2. The zero-order valence-corrected chi connectivity index (χ0v) is 15.1. The molecule has 1 atom stereocenters. The van der Waals surface area contributed by atoms with E-state index in [0.717, 1.165) is 17.9 Å². The molecule has 2 aromatic heterocycles. The molecule has 25 heavy (non-hydrogen) atoms. The fourth-order valence-corrected chi connectivity index (χ4v) is 3.58. The Morgan fingerprint density at radius 1 is 1.28 bits per heavy atom.